The number of aryl methyl sites for hydroxylation is 2. The van der Waals surface area contributed by atoms with Gasteiger partial charge < -0.3 is 10.5 Å². The largest absolute Gasteiger partial charge is 0.373 e. The average molecular weight is 205 g/mol. The van der Waals surface area contributed by atoms with Crippen molar-refractivity contribution in [3.05, 3.63) is 34.9 Å². The molecule has 82 valence electrons. The molecule has 0 radical (unpaired) electrons. The van der Waals surface area contributed by atoms with Gasteiger partial charge in [0.25, 0.3) is 0 Å². The molecule has 2 unspecified atom stereocenters. The van der Waals surface area contributed by atoms with E-state index in [9.17, 15) is 0 Å². The maximum absolute atomic E-state index is 5.97. The Hall–Kier alpha value is -0.860. The number of ether oxygens (including phenoxy) is 1. The molecule has 0 aliphatic carbocycles. The highest BCUT2D eigenvalue weighted by molar-refractivity contribution is 5.32. The lowest BCUT2D eigenvalue weighted by molar-refractivity contribution is 0.00629. The van der Waals surface area contributed by atoms with E-state index in [-0.39, 0.29) is 6.10 Å². The summed E-state index contributed by atoms with van der Waals surface area (Å²) in [6.45, 7) is 5.04. The van der Waals surface area contributed by atoms with E-state index in [2.05, 4.69) is 32.0 Å². The molecule has 0 bridgehead atoms. The van der Waals surface area contributed by atoms with Crippen LogP contribution in [0.3, 0.4) is 0 Å². The monoisotopic (exact) mass is 205 g/mol. The Morgan fingerprint density at radius 3 is 2.87 bits per heavy atom. The van der Waals surface area contributed by atoms with Crippen LogP contribution in [-0.2, 0) is 4.74 Å². The lowest BCUT2D eigenvalue weighted by Crippen LogP contribution is -2.30. The van der Waals surface area contributed by atoms with Gasteiger partial charge in [0.2, 0.25) is 0 Å². The summed E-state index contributed by atoms with van der Waals surface area (Å²) in [7, 11) is 0. The fourth-order valence-corrected chi connectivity index (χ4v) is 2.15. The summed E-state index contributed by atoms with van der Waals surface area (Å²) >= 11 is 0. The van der Waals surface area contributed by atoms with Crippen LogP contribution in [0.4, 0.5) is 0 Å². The molecule has 2 heteroatoms. The van der Waals surface area contributed by atoms with Crippen molar-refractivity contribution < 1.29 is 4.74 Å². The van der Waals surface area contributed by atoms with E-state index in [4.69, 9.17) is 10.5 Å². The number of benzene rings is 1. The van der Waals surface area contributed by atoms with Crippen molar-refractivity contribution in [1.29, 1.82) is 0 Å². The minimum atomic E-state index is 0.202. The van der Waals surface area contributed by atoms with Gasteiger partial charge in [0.15, 0.2) is 0 Å². The van der Waals surface area contributed by atoms with Crippen LogP contribution in [0.25, 0.3) is 0 Å². The van der Waals surface area contributed by atoms with Crippen LogP contribution in [0.2, 0.25) is 0 Å². The Morgan fingerprint density at radius 1 is 1.33 bits per heavy atom. The zero-order chi connectivity index (χ0) is 10.8. The second-order valence-corrected chi connectivity index (χ2v) is 4.50. The number of nitrogens with two attached hydrogens (primary N) is 1. The summed E-state index contributed by atoms with van der Waals surface area (Å²) in [5.74, 6) is 0. The van der Waals surface area contributed by atoms with Crippen LogP contribution < -0.4 is 5.73 Å². The Morgan fingerprint density at radius 2 is 2.13 bits per heavy atom. The SMILES string of the molecule is Cc1ccc(C)c(C2CC(N)CCO2)c1. The van der Waals surface area contributed by atoms with Gasteiger partial charge in [0, 0.05) is 12.6 Å². The second kappa shape index (κ2) is 4.33. The Bertz CT molecular complexity index is 348. The summed E-state index contributed by atoms with van der Waals surface area (Å²) in [5, 5.41) is 0. The zero-order valence-corrected chi connectivity index (χ0v) is 9.49. The van der Waals surface area contributed by atoms with Crippen molar-refractivity contribution in [2.75, 3.05) is 6.61 Å². The molecule has 1 aliphatic rings. The van der Waals surface area contributed by atoms with Gasteiger partial charge in [-0.1, -0.05) is 23.8 Å². The third-order valence-corrected chi connectivity index (χ3v) is 3.11. The molecule has 0 spiro atoms. The Labute approximate surface area is 91.4 Å². The van der Waals surface area contributed by atoms with Crippen LogP contribution in [0, 0.1) is 13.8 Å². The van der Waals surface area contributed by atoms with Gasteiger partial charge in [-0.15, -0.1) is 0 Å². The van der Waals surface area contributed by atoms with Crippen molar-refractivity contribution >= 4 is 0 Å². The number of rotatable bonds is 1. The van der Waals surface area contributed by atoms with Gasteiger partial charge in [-0.2, -0.15) is 0 Å². The molecule has 2 rings (SSSR count). The normalized spacial score (nSPS) is 26.6. The fourth-order valence-electron chi connectivity index (χ4n) is 2.15. The first-order valence-electron chi connectivity index (χ1n) is 5.61. The van der Waals surface area contributed by atoms with E-state index in [0.29, 0.717) is 6.04 Å². The molecule has 2 atom stereocenters. The first-order valence-corrected chi connectivity index (χ1v) is 5.61. The van der Waals surface area contributed by atoms with Crippen LogP contribution in [0.1, 0.15) is 35.6 Å². The Kier molecular flexibility index (Phi) is 3.08. The van der Waals surface area contributed by atoms with Crippen molar-refractivity contribution in [2.24, 2.45) is 5.73 Å². The van der Waals surface area contributed by atoms with Gasteiger partial charge in [0.1, 0.15) is 0 Å². The molecule has 0 saturated carbocycles. The highest BCUT2D eigenvalue weighted by atomic mass is 16.5. The molecule has 1 fully saturated rings. The second-order valence-electron chi connectivity index (χ2n) is 4.50. The third kappa shape index (κ3) is 2.39. The molecule has 0 amide bonds. The van der Waals surface area contributed by atoms with Crippen LogP contribution in [0.5, 0.6) is 0 Å². The first-order chi connectivity index (χ1) is 7.16. The van der Waals surface area contributed by atoms with Crippen LogP contribution in [-0.4, -0.2) is 12.6 Å². The molecular formula is C13H19NO. The van der Waals surface area contributed by atoms with Crippen LogP contribution in [0.15, 0.2) is 18.2 Å². The first kappa shape index (κ1) is 10.7. The fraction of sp³-hybridized carbons (Fsp3) is 0.538. The van der Waals surface area contributed by atoms with E-state index in [0.717, 1.165) is 19.4 Å². The minimum absolute atomic E-state index is 0.202. The summed E-state index contributed by atoms with van der Waals surface area (Å²) < 4.78 is 5.79. The third-order valence-electron chi connectivity index (χ3n) is 3.11. The predicted octanol–water partition coefficient (Wildman–Crippen LogP) is 2.48. The summed E-state index contributed by atoms with van der Waals surface area (Å²) in [6, 6.07) is 6.82. The van der Waals surface area contributed by atoms with E-state index in [1.807, 2.05) is 0 Å². The highest BCUT2D eigenvalue weighted by Gasteiger charge is 2.22. The van der Waals surface area contributed by atoms with E-state index >= 15 is 0 Å². The molecule has 0 aromatic heterocycles. The molecule has 2 nitrogen and oxygen atoms in total. The smallest absolute Gasteiger partial charge is 0.0842 e. The lowest BCUT2D eigenvalue weighted by atomic mass is 9.94. The Balaban J connectivity index is 2.24. The molecular weight excluding hydrogens is 186 g/mol. The quantitative estimate of drug-likeness (QED) is 0.764. The van der Waals surface area contributed by atoms with E-state index in [1.54, 1.807) is 0 Å². The molecule has 1 aliphatic heterocycles. The van der Waals surface area contributed by atoms with Gasteiger partial charge >= 0.3 is 0 Å². The van der Waals surface area contributed by atoms with Crippen molar-refractivity contribution in [1.82, 2.24) is 0 Å². The summed E-state index contributed by atoms with van der Waals surface area (Å²) in [5.41, 5.74) is 9.88. The molecule has 2 N–H and O–H groups in total. The predicted molar refractivity (Wildman–Crippen MR) is 61.8 cm³/mol. The molecule has 1 aromatic rings. The minimum Gasteiger partial charge on any atom is -0.373 e. The van der Waals surface area contributed by atoms with E-state index in [1.165, 1.54) is 16.7 Å². The summed E-state index contributed by atoms with van der Waals surface area (Å²) in [4.78, 5) is 0. The van der Waals surface area contributed by atoms with Gasteiger partial charge in [-0.3, -0.25) is 0 Å². The number of hydrogen-bond donors (Lipinski definition) is 1. The van der Waals surface area contributed by atoms with Crippen molar-refractivity contribution in [3.63, 3.8) is 0 Å². The van der Waals surface area contributed by atoms with Crippen LogP contribution >= 0.6 is 0 Å². The van der Waals surface area contributed by atoms with E-state index < -0.39 is 0 Å². The molecule has 1 saturated heterocycles. The standard InChI is InChI=1S/C13H19NO/c1-9-3-4-10(2)12(7-9)13-8-11(14)5-6-15-13/h3-4,7,11,13H,5-6,8,14H2,1-2H3. The maximum Gasteiger partial charge on any atom is 0.0842 e. The average Bonchev–Trinajstić information content (AvgIpc) is 2.22. The summed E-state index contributed by atoms with van der Waals surface area (Å²) in [6.07, 6.45) is 2.14. The van der Waals surface area contributed by atoms with Gasteiger partial charge in [-0.25, -0.2) is 0 Å². The molecule has 15 heavy (non-hydrogen) atoms. The number of hydrogen-bond acceptors (Lipinski definition) is 2. The molecule has 1 heterocycles. The topological polar surface area (TPSA) is 35.2 Å². The van der Waals surface area contributed by atoms with Crippen molar-refractivity contribution in [2.45, 2.75) is 38.8 Å². The lowest BCUT2D eigenvalue weighted by Gasteiger charge is -2.28. The molecule has 1 aromatic carbocycles. The maximum atomic E-state index is 5.97. The van der Waals surface area contributed by atoms with Gasteiger partial charge in [-0.05, 0) is 37.8 Å². The van der Waals surface area contributed by atoms with Crippen molar-refractivity contribution in [3.8, 4) is 0 Å². The van der Waals surface area contributed by atoms with Gasteiger partial charge in [0.05, 0.1) is 6.10 Å². The highest BCUT2D eigenvalue weighted by Crippen LogP contribution is 2.29. The zero-order valence-electron chi connectivity index (χ0n) is 9.49.